The Balaban J connectivity index is 1.94. The van der Waals surface area contributed by atoms with Gasteiger partial charge in [0.15, 0.2) is 0 Å². The number of ether oxygens (including phenoxy) is 1. The average Bonchev–Trinajstić information content (AvgIpc) is 2.99. The first-order valence-electron chi connectivity index (χ1n) is 7.02. The van der Waals surface area contributed by atoms with Gasteiger partial charge in [-0.1, -0.05) is 12.1 Å². The van der Waals surface area contributed by atoms with Crippen molar-refractivity contribution in [3.8, 4) is 5.75 Å². The standard InChI is InChI=1S/C15H20N2O2/c1-19-13-8-2-5-11-6-4-10-17(14(11)13)15(18)12-7-3-9-16-12/h2,5,8,12,16H,3-4,6-7,9-10H2,1H3. The van der Waals surface area contributed by atoms with Gasteiger partial charge in [0.25, 0.3) is 0 Å². The Bertz CT molecular complexity index is 467. The van der Waals surface area contributed by atoms with E-state index in [9.17, 15) is 4.79 Å². The van der Waals surface area contributed by atoms with Gasteiger partial charge in [0.05, 0.1) is 18.8 Å². The molecule has 1 aromatic rings. The summed E-state index contributed by atoms with van der Waals surface area (Å²) in [6.45, 7) is 1.74. The molecule has 0 saturated carbocycles. The van der Waals surface area contributed by atoms with Crippen molar-refractivity contribution >= 4 is 11.6 Å². The Morgan fingerprint density at radius 3 is 3.05 bits per heavy atom. The molecule has 4 heteroatoms. The van der Waals surface area contributed by atoms with Crippen molar-refractivity contribution in [2.24, 2.45) is 0 Å². The lowest BCUT2D eigenvalue weighted by Crippen LogP contribution is -2.46. The predicted molar refractivity (Wildman–Crippen MR) is 74.7 cm³/mol. The van der Waals surface area contributed by atoms with E-state index in [1.165, 1.54) is 5.56 Å². The molecule has 1 unspecified atom stereocenters. The highest BCUT2D eigenvalue weighted by Crippen LogP contribution is 2.36. The summed E-state index contributed by atoms with van der Waals surface area (Å²) < 4.78 is 5.44. The number of nitrogens with one attached hydrogen (secondary N) is 1. The van der Waals surface area contributed by atoms with E-state index >= 15 is 0 Å². The fourth-order valence-corrected chi connectivity index (χ4v) is 3.08. The van der Waals surface area contributed by atoms with Gasteiger partial charge >= 0.3 is 0 Å². The fourth-order valence-electron chi connectivity index (χ4n) is 3.08. The number of methoxy groups -OCH3 is 1. The summed E-state index contributed by atoms with van der Waals surface area (Å²) in [6.07, 6.45) is 4.08. The maximum atomic E-state index is 12.6. The molecule has 102 valence electrons. The highest BCUT2D eigenvalue weighted by atomic mass is 16.5. The molecule has 19 heavy (non-hydrogen) atoms. The Morgan fingerprint density at radius 1 is 1.42 bits per heavy atom. The Labute approximate surface area is 113 Å². The van der Waals surface area contributed by atoms with Crippen LogP contribution in [-0.2, 0) is 11.2 Å². The van der Waals surface area contributed by atoms with Crippen LogP contribution in [0.3, 0.4) is 0 Å². The van der Waals surface area contributed by atoms with Crippen LogP contribution in [0.25, 0.3) is 0 Å². The second-order valence-corrected chi connectivity index (χ2v) is 5.21. The molecular weight excluding hydrogens is 240 g/mol. The number of anilines is 1. The second kappa shape index (κ2) is 5.21. The van der Waals surface area contributed by atoms with Gasteiger partial charge in [-0.2, -0.15) is 0 Å². The molecule has 1 aromatic carbocycles. The smallest absolute Gasteiger partial charge is 0.244 e. The lowest BCUT2D eigenvalue weighted by molar-refractivity contribution is -0.120. The molecule has 0 aromatic heterocycles. The summed E-state index contributed by atoms with van der Waals surface area (Å²) in [5.74, 6) is 1.01. The van der Waals surface area contributed by atoms with Crippen molar-refractivity contribution in [2.45, 2.75) is 31.7 Å². The Morgan fingerprint density at radius 2 is 2.32 bits per heavy atom. The number of fused-ring (bicyclic) bond motifs is 1. The second-order valence-electron chi connectivity index (χ2n) is 5.21. The summed E-state index contributed by atoms with van der Waals surface area (Å²) in [5.41, 5.74) is 2.20. The van der Waals surface area contributed by atoms with E-state index in [4.69, 9.17) is 4.74 Å². The van der Waals surface area contributed by atoms with Crippen LogP contribution in [0.2, 0.25) is 0 Å². The predicted octanol–water partition coefficient (Wildman–Crippen LogP) is 1.73. The molecule has 2 aliphatic rings. The molecule has 1 amide bonds. The van der Waals surface area contributed by atoms with Crippen molar-refractivity contribution in [1.29, 1.82) is 0 Å². The zero-order valence-corrected chi connectivity index (χ0v) is 11.3. The van der Waals surface area contributed by atoms with Crippen molar-refractivity contribution in [3.05, 3.63) is 23.8 Å². The molecule has 4 nitrogen and oxygen atoms in total. The molecule has 2 heterocycles. The number of nitrogens with zero attached hydrogens (tertiary/aromatic N) is 1. The molecule has 2 aliphatic heterocycles. The number of aryl methyl sites for hydroxylation is 1. The molecule has 1 N–H and O–H groups in total. The lowest BCUT2D eigenvalue weighted by Gasteiger charge is -2.32. The average molecular weight is 260 g/mol. The van der Waals surface area contributed by atoms with Crippen molar-refractivity contribution < 1.29 is 9.53 Å². The van der Waals surface area contributed by atoms with E-state index in [0.717, 1.165) is 50.2 Å². The molecule has 0 radical (unpaired) electrons. The molecule has 0 bridgehead atoms. The van der Waals surface area contributed by atoms with Gasteiger partial charge in [0.1, 0.15) is 5.75 Å². The number of benzene rings is 1. The van der Waals surface area contributed by atoms with Gasteiger partial charge in [-0.25, -0.2) is 0 Å². The van der Waals surface area contributed by atoms with Gasteiger partial charge < -0.3 is 15.0 Å². The largest absolute Gasteiger partial charge is 0.495 e. The van der Waals surface area contributed by atoms with Crippen LogP contribution in [0.1, 0.15) is 24.8 Å². The van der Waals surface area contributed by atoms with Gasteiger partial charge in [0.2, 0.25) is 5.91 Å². The summed E-state index contributed by atoms with van der Waals surface area (Å²) in [6, 6.07) is 6.02. The third-order valence-corrected chi connectivity index (χ3v) is 4.02. The number of carbonyl (C=O) groups excluding carboxylic acids is 1. The Kier molecular flexibility index (Phi) is 3.42. The quantitative estimate of drug-likeness (QED) is 0.880. The monoisotopic (exact) mass is 260 g/mol. The van der Waals surface area contributed by atoms with Crippen LogP contribution < -0.4 is 15.0 Å². The number of carbonyl (C=O) groups is 1. The zero-order valence-electron chi connectivity index (χ0n) is 11.3. The van der Waals surface area contributed by atoms with Crippen LogP contribution >= 0.6 is 0 Å². The molecule has 1 atom stereocenters. The molecule has 0 spiro atoms. The molecule has 3 rings (SSSR count). The third kappa shape index (κ3) is 2.21. The summed E-state index contributed by atoms with van der Waals surface area (Å²) in [4.78, 5) is 14.6. The van der Waals surface area contributed by atoms with E-state index in [0.29, 0.717) is 0 Å². The minimum absolute atomic E-state index is 0.0177. The van der Waals surface area contributed by atoms with E-state index < -0.39 is 0 Å². The zero-order chi connectivity index (χ0) is 13.2. The minimum atomic E-state index is -0.0177. The summed E-state index contributed by atoms with van der Waals surface area (Å²) in [5, 5.41) is 3.29. The number of amides is 1. The van der Waals surface area contributed by atoms with Crippen molar-refractivity contribution in [1.82, 2.24) is 5.32 Å². The number of para-hydroxylation sites is 1. The topological polar surface area (TPSA) is 41.6 Å². The van der Waals surface area contributed by atoms with Gasteiger partial charge in [-0.15, -0.1) is 0 Å². The van der Waals surface area contributed by atoms with Crippen LogP contribution in [0.5, 0.6) is 5.75 Å². The van der Waals surface area contributed by atoms with E-state index in [2.05, 4.69) is 11.4 Å². The Hall–Kier alpha value is -1.55. The van der Waals surface area contributed by atoms with Gasteiger partial charge in [-0.3, -0.25) is 4.79 Å². The van der Waals surface area contributed by atoms with Crippen molar-refractivity contribution in [3.63, 3.8) is 0 Å². The minimum Gasteiger partial charge on any atom is -0.495 e. The lowest BCUT2D eigenvalue weighted by atomic mass is 10.00. The van der Waals surface area contributed by atoms with E-state index in [1.54, 1.807) is 7.11 Å². The molecular formula is C15H20N2O2. The van der Waals surface area contributed by atoms with Crippen LogP contribution in [0, 0.1) is 0 Å². The molecule has 1 saturated heterocycles. The third-order valence-electron chi connectivity index (χ3n) is 4.02. The highest BCUT2D eigenvalue weighted by Gasteiger charge is 2.32. The number of rotatable bonds is 2. The van der Waals surface area contributed by atoms with Crippen LogP contribution in [0.15, 0.2) is 18.2 Å². The van der Waals surface area contributed by atoms with E-state index in [1.807, 2.05) is 17.0 Å². The summed E-state index contributed by atoms with van der Waals surface area (Å²) >= 11 is 0. The van der Waals surface area contributed by atoms with E-state index in [-0.39, 0.29) is 11.9 Å². The van der Waals surface area contributed by atoms with Crippen LogP contribution in [0.4, 0.5) is 5.69 Å². The summed E-state index contributed by atoms with van der Waals surface area (Å²) in [7, 11) is 1.67. The molecule has 1 fully saturated rings. The van der Waals surface area contributed by atoms with Crippen LogP contribution in [-0.4, -0.2) is 32.1 Å². The normalized spacial score (nSPS) is 22.2. The highest BCUT2D eigenvalue weighted by molar-refractivity contribution is 5.99. The maximum absolute atomic E-state index is 12.6. The molecule has 0 aliphatic carbocycles. The fraction of sp³-hybridized carbons (Fsp3) is 0.533. The first-order valence-corrected chi connectivity index (χ1v) is 7.02. The van der Waals surface area contributed by atoms with Gasteiger partial charge in [-0.05, 0) is 43.9 Å². The number of hydrogen-bond acceptors (Lipinski definition) is 3. The maximum Gasteiger partial charge on any atom is 0.244 e. The number of hydrogen-bond donors (Lipinski definition) is 1. The first-order chi connectivity index (χ1) is 9.31. The first kappa shape index (κ1) is 12.5. The van der Waals surface area contributed by atoms with Crippen molar-refractivity contribution in [2.75, 3.05) is 25.1 Å². The SMILES string of the molecule is COc1cccc2c1N(C(=O)C1CCCN1)CCC2. The van der Waals surface area contributed by atoms with Gasteiger partial charge in [0, 0.05) is 6.54 Å².